The van der Waals surface area contributed by atoms with Gasteiger partial charge in [-0.05, 0) is 30.1 Å². The zero-order chi connectivity index (χ0) is 18.4. The van der Waals surface area contributed by atoms with Gasteiger partial charge in [0.25, 0.3) is 5.91 Å². The number of nitrogens with one attached hydrogen (secondary N) is 1. The average molecular weight is 369 g/mol. The molecule has 0 fully saturated rings. The molecule has 0 aliphatic rings. The van der Waals surface area contributed by atoms with E-state index in [1.165, 1.54) is 5.56 Å². The molecule has 0 aliphatic carbocycles. The first-order valence-electron chi connectivity index (χ1n) is 8.80. The van der Waals surface area contributed by atoms with Crippen LogP contribution in [-0.4, -0.2) is 35.6 Å². The molecule has 1 aromatic carbocycles. The van der Waals surface area contributed by atoms with E-state index in [1.54, 1.807) is 17.4 Å². The Hall–Kier alpha value is -2.44. The van der Waals surface area contributed by atoms with Crippen LogP contribution in [0.15, 0.2) is 58.4 Å². The van der Waals surface area contributed by atoms with Gasteiger partial charge in [-0.15, -0.1) is 11.3 Å². The Balaban J connectivity index is 1.69. The van der Waals surface area contributed by atoms with Crippen LogP contribution in [0.1, 0.15) is 35.9 Å². The van der Waals surface area contributed by atoms with Crippen molar-refractivity contribution in [2.45, 2.75) is 19.9 Å². The maximum absolute atomic E-state index is 12.5. The van der Waals surface area contributed by atoms with Gasteiger partial charge in [-0.2, -0.15) is 0 Å². The molecule has 0 radical (unpaired) electrons. The third-order valence-electron chi connectivity index (χ3n) is 4.40. The number of benzene rings is 1. The number of amides is 1. The predicted octanol–water partition coefficient (Wildman–Crippen LogP) is 4.22. The van der Waals surface area contributed by atoms with E-state index >= 15 is 0 Å². The number of hydrogen-bond acceptors (Lipinski definition) is 5. The zero-order valence-electron chi connectivity index (χ0n) is 15.0. The Bertz CT molecular complexity index is 811. The highest BCUT2D eigenvalue weighted by Gasteiger charge is 2.20. The molecule has 0 spiro atoms. The van der Waals surface area contributed by atoms with Gasteiger partial charge in [-0.1, -0.05) is 55.4 Å². The standard InChI is InChI=1S/C20H23N3O2S/c1-3-23(4-2)17(15-9-6-5-7-10-15)14-21-20(24)16-13-18(25-22-16)19-11-8-12-26-19/h5-13,17H,3-4,14H2,1-2H3,(H,21,24). The van der Waals surface area contributed by atoms with E-state index in [0.717, 1.165) is 18.0 Å². The Morgan fingerprint density at radius 3 is 2.62 bits per heavy atom. The van der Waals surface area contributed by atoms with Crippen molar-refractivity contribution in [1.82, 2.24) is 15.4 Å². The van der Waals surface area contributed by atoms with Crippen molar-refractivity contribution >= 4 is 17.2 Å². The van der Waals surface area contributed by atoms with Crippen molar-refractivity contribution in [2.24, 2.45) is 0 Å². The molecule has 1 unspecified atom stereocenters. The molecule has 6 heteroatoms. The number of rotatable bonds is 8. The van der Waals surface area contributed by atoms with Crippen molar-refractivity contribution in [3.63, 3.8) is 0 Å². The molecule has 1 atom stereocenters. The van der Waals surface area contributed by atoms with Gasteiger partial charge in [0, 0.05) is 12.6 Å². The van der Waals surface area contributed by atoms with E-state index in [2.05, 4.69) is 41.4 Å². The summed E-state index contributed by atoms with van der Waals surface area (Å²) in [6, 6.07) is 15.9. The second-order valence-electron chi connectivity index (χ2n) is 5.91. The highest BCUT2D eigenvalue weighted by molar-refractivity contribution is 7.13. The lowest BCUT2D eigenvalue weighted by molar-refractivity contribution is 0.0926. The first-order chi connectivity index (χ1) is 12.7. The molecule has 1 amide bonds. The summed E-state index contributed by atoms with van der Waals surface area (Å²) < 4.78 is 5.30. The van der Waals surface area contributed by atoms with Crippen LogP contribution >= 0.6 is 11.3 Å². The molecule has 1 N–H and O–H groups in total. The summed E-state index contributed by atoms with van der Waals surface area (Å²) in [4.78, 5) is 15.8. The van der Waals surface area contributed by atoms with Gasteiger partial charge in [-0.25, -0.2) is 0 Å². The number of thiophene rings is 1. The van der Waals surface area contributed by atoms with E-state index in [-0.39, 0.29) is 11.9 Å². The molecule has 3 rings (SSSR count). The largest absolute Gasteiger partial charge is 0.355 e. The maximum atomic E-state index is 12.5. The molecule has 0 bridgehead atoms. The molecule has 2 heterocycles. The molecule has 0 saturated heterocycles. The van der Waals surface area contributed by atoms with Crippen LogP contribution in [0.3, 0.4) is 0 Å². The van der Waals surface area contributed by atoms with E-state index in [4.69, 9.17) is 4.52 Å². The molecule has 3 aromatic rings. The number of likely N-dealkylation sites (N-methyl/N-ethyl adjacent to an activating group) is 1. The van der Waals surface area contributed by atoms with Crippen molar-refractivity contribution in [2.75, 3.05) is 19.6 Å². The van der Waals surface area contributed by atoms with Crippen LogP contribution in [0.25, 0.3) is 10.6 Å². The van der Waals surface area contributed by atoms with E-state index < -0.39 is 0 Å². The molecular formula is C20H23N3O2S. The van der Waals surface area contributed by atoms with Gasteiger partial charge in [0.2, 0.25) is 0 Å². The summed E-state index contributed by atoms with van der Waals surface area (Å²) in [7, 11) is 0. The lowest BCUT2D eigenvalue weighted by atomic mass is 10.1. The topological polar surface area (TPSA) is 58.4 Å². The van der Waals surface area contributed by atoms with Crippen LogP contribution in [-0.2, 0) is 0 Å². The minimum Gasteiger partial charge on any atom is -0.355 e. The molecule has 136 valence electrons. The van der Waals surface area contributed by atoms with Gasteiger partial charge in [-0.3, -0.25) is 9.69 Å². The van der Waals surface area contributed by atoms with Gasteiger partial charge < -0.3 is 9.84 Å². The second-order valence-corrected chi connectivity index (χ2v) is 6.86. The Morgan fingerprint density at radius 2 is 1.96 bits per heavy atom. The van der Waals surface area contributed by atoms with E-state index in [0.29, 0.717) is 18.0 Å². The Labute approximate surface area is 157 Å². The van der Waals surface area contributed by atoms with Crippen LogP contribution in [0.2, 0.25) is 0 Å². The van der Waals surface area contributed by atoms with E-state index in [1.807, 2.05) is 35.7 Å². The third-order valence-corrected chi connectivity index (χ3v) is 5.28. The summed E-state index contributed by atoms with van der Waals surface area (Å²) in [5, 5.41) is 8.88. The minimum absolute atomic E-state index is 0.124. The number of carbonyl (C=O) groups is 1. The Kier molecular flexibility index (Phi) is 6.20. The predicted molar refractivity (Wildman–Crippen MR) is 104 cm³/mol. The van der Waals surface area contributed by atoms with Crippen LogP contribution in [0.4, 0.5) is 0 Å². The summed E-state index contributed by atoms with van der Waals surface area (Å²) in [5.74, 6) is 0.401. The second kappa shape index (κ2) is 8.78. The lowest BCUT2D eigenvalue weighted by Crippen LogP contribution is -2.38. The maximum Gasteiger partial charge on any atom is 0.273 e. The number of carbonyl (C=O) groups excluding carboxylic acids is 1. The highest BCUT2D eigenvalue weighted by Crippen LogP contribution is 2.25. The van der Waals surface area contributed by atoms with Gasteiger partial charge in [0.15, 0.2) is 11.5 Å². The first-order valence-corrected chi connectivity index (χ1v) is 9.68. The molecule has 2 aromatic heterocycles. The van der Waals surface area contributed by atoms with Crippen LogP contribution in [0, 0.1) is 0 Å². The molecule has 26 heavy (non-hydrogen) atoms. The highest BCUT2D eigenvalue weighted by atomic mass is 32.1. The fourth-order valence-corrected chi connectivity index (χ4v) is 3.67. The Morgan fingerprint density at radius 1 is 1.19 bits per heavy atom. The number of aromatic nitrogens is 1. The number of nitrogens with zero attached hydrogens (tertiary/aromatic N) is 2. The smallest absolute Gasteiger partial charge is 0.273 e. The quantitative estimate of drug-likeness (QED) is 0.646. The van der Waals surface area contributed by atoms with Crippen molar-refractivity contribution in [3.05, 3.63) is 65.2 Å². The van der Waals surface area contributed by atoms with Crippen molar-refractivity contribution < 1.29 is 9.32 Å². The lowest BCUT2D eigenvalue weighted by Gasteiger charge is -2.30. The summed E-state index contributed by atoms with van der Waals surface area (Å²) >= 11 is 1.55. The third kappa shape index (κ3) is 4.20. The van der Waals surface area contributed by atoms with Crippen molar-refractivity contribution in [1.29, 1.82) is 0 Å². The van der Waals surface area contributed by atoms with Crippen LogP contribution < -0.4 is 5.32 Å². The minimum atomic E-state index is -0.218. The molecule has 0 saturated carbocycles. The van der Waals surface area contributed by atoms with Gasteiger partial charge >= 0.3 is 0 Å². The molecule has 0 aliphatic heterocycles. The fraction of sp³-hybridized carbons (Fsp3) is 0.300. The summed E-state index contributed by atoms with van der Waals surface area (Å²) in [5.41, 5.74) is 1.50. The normalized spacial score (nSPS) is 12.3. The van der Waals surface area contributed by atoms with Gasteiger partial charge in [0.05, 0.1) is 10.9 Å². The number of hydrogen-bond donors (Lipinski definition) is 1. The fourth-order valence-electron chi connectivity index (χ4n) is 2.99. The SMILES string of the molecule is CCN(CC)C(CNC(=O)c1cc(-c2cccs2)on1)c1ccccc1. The molecular weight excluding hydrogens is 346 g/mol. The van der Waals surface area contributed by atoms with E-state index in [9.17, 15) is 4.79 Å². The average Bonchev–Trinajstić information content (AvgIpc) is 3.37. The summed E-state index contributed by atoms with van der Waals surface area (Å²) in [6.07, 6.45) is 0. The first kappa shape index (κ1) is 18.4. The van der Waals surface area contributed by atoms with Gasteiger partial charge in [0.1, 0.15) is 0 Å². The molecule has 5 nitrogen and oxygen atoms in total. The monoisotopic (exact) mass is 369 g/mol. The van der Waals surface area contributed by atoms with Crippen molar-refractivity contribution in [3.8, 4) is 10.6 Å². The zero-order valence-corrected chi connectivity index (χ0v) is 15.8. The van der Waals surface area contributed by atoms with Crippen LogP contribution in [0.5, 0.6) is 0 Å². The summed E-state index contributed by atoms with van der Waals surface area (Å²) in [6.45, 7) is 6.61.